The number of amides is 1. The smallest absolute Gasteiger partial charge is 0.267 e. The van der Waals surface area contributed by atoms with Gasteiger partial charge in [0.15, 0.2) is 0 Å². The van der Waals surface area contributed by atoms with Crippen LogP contribution in [0.15, 0.2) is 17.5 Å². The number of thiophene rings is 1. The van der Waals surface area contributed by atoms with Crippen molar-refractivity contribution in [2.75, 3.05) is 25.0 Å². The number of carbonyl (C=O) groups is 1. The zero-order valence-corrected chi connectivity index (χ0v) is 13.4. The Morgan fingerprint density at radius 2 is 2.14 bits per heavy atom. The highest BCUT2D eigenvalue weighted by atomic mass is 32.1. The molecular formula is C14H18N4OS2. The molecule has 7 heteroatoms. The molecule has 3 heterocycles. The predicted octanol–water partition coefficient (Wildman–Crippen LogP) is 2.88. The van der Waals surface area contributed by atoms with Crippen molar-refractivity contribution in [1.82, 2.24) is 15.1 Å². The number of aromatic nitrogens is 2. The number of nitrogens with one attached hydrogen (secondary N) is 1. The van der Waals surface area contributed by atoms with Gasteiger partial charge in [0.2, 0.25) is 5.13 Å². The van der Waals surface area contributed by atoms with E-state index in [9.17, 15) is 4.79 Å². The Morgan fingerprint density at radius 3 is 2.90 bits per heavy atom. The minimum absolute atomic E-state index is 0.108. The Labute approximate surface area is 132 Å². The molecule has 0 aliphatic carbocycles. The van der Waals surface area contributed by atoms with E-state index < -0.39 is 0 Å². The monoisotopic (exact) mass is 322 g/mol. The summed E-state index contributed by atoms with van der Waals surface area (Å²) < 4.78 is 0. The normalized spacial score (nSPS) is 16.0. The maximum atomic E-state index is 11.9. The van der Waals surface area contributed by atoms with Gasteiger partial charge in [-0.25, -0.2) is 0 Å². The summed E-state index contributed by atoms with van der Waals surface area (Å²) in [5, 5.41) is 14.5. The minimum Gasteiger partial charge on any atom is -0.303 e. The molecule has 1 aliphatic rings. The average Bonchev–Trinajstić information content (AvgIpc) is 3.18. The van der Waals surface area contributed by atoms with E-state index in [0.717, 1.165) is 18.0 Å². The molecule has 3 rings (SSSR count). The van der Waals surface area contributed by atoms with Gasteiger partial charge < -0.3 is 4.90 Å². The largest absolute Gasteiger partial charge is 0.303 e. The summed E-state index contributed by atoms with van der Waals surface area (Å²) in [4.78, 5) is 15.1. The second-order valence-corrected chi connectivity index (χ2v) is 7.09. The number of carbonyl (C=O) groups excluding carboxylic acids is 1. The van der Waals surface area contributed by atoms with Crippen LogP contribution in [-0.4, -0.2) is 40.6 Å². The molecule has 0 spiro atoms. The third-order valence-corrected chi connectivity index (χ3v) is 5.29. The maximum Gasteiger partial charge on any atom is 0.267 e. The number of anilines is 1. The number of likely N-dealkylation sites (tertiary alicyclic amines) is 1. The molecule has 1 aliphatic heterocycles. The van der Waals surface area contributed by atoms with Gasteiger partial charge in [-0.15, -0.1) is 21.5 Å². The van der Waals surface area contributed by atoms with Gasteiger partial charge in [0.1, 0.15) is 5.01 Å². The Hall–Kier alpha value is -1.31. The summed E-state index contributed by atoms with van der Waals surface area (Å²) in [7, 11) is 0. The number of piperidine rings is 1. The van der Waals surface area contributed by atoms with Crippen molar-refractivity contribution in [3.05, 3.63) is 27.4 Å². The minimum atomic E-state index is -0.108. The summed E-state index contributed by atoms with van der Waals surface area (Å²) in [5.41, 5.74) is 0. The highest BCUT2D eigenvalue weighted by Gasteiger charge is 2.13. The van der Waals surface area contributed by atoms with E-state index in [4.69, 9.17) is 0 Å². The van der Waals surface area contributed by atoms with Crippen LogP contribution < -0.4 is 5.32 Å². The van der Waals surface area contributed by atoms with Gasteiger partial charge in [-0.1, -0.05) is 23.8 Å². The second-order valence-electron chi connectivity index (χ2n) is 5.08. The van der Waals surface area contributed by atoms with E-state index in [0.29, 0.717) is 10.0 Å². The number of rotatable bonds is 5. The molecule has 1 fully saturated rings. The van der Waals surface area contributed by atoms with Crippen LogP contribution in [0, 0.1) is 0 Å². The fraction of sp³-hybridized carbons (Fsp3) is 0.500. The molecule has 2 aromatic heterocycles. The molecule has 0 saturated carbocycles. The fourth-order valence-electron chi connectivity index (χ4n) is 2.41. The molecule has 0 unspecified atom stereocenters. The molecule has 21 heavy (non-hydrogen) atoms. The Bertz CT molecular complexity index is 576. The van der Waals surface area contributed by atoms with Crippen molar-refractivity contribution in [1.29, 1.82) is 0 Å². The van der Waals surface area contributed by atoms with E-state index >= 15 is 0 Å². The maximum absolute atomic E-state index is 11.9. The van der Waals surface area contributed by atoms with Gasteiger partial charge in [0, 0.05) is 13.0 Å². The molecule has 0 aromatic carbocycles. The van der Waals surface area contributed by atoms with Crippen molar-refractivity contribution in [2.45, 2.75) is 25.7 Å². The third kappa shape index (κ3) is 4.09. The molecule has 1 amide bonds. The van der Waals surface area contributed by atoms with E-state index in [2.05, 4.69) is 20.4 Å². The zero-order valence-electron chi connectivity index (χ0n) is 11.7. The number of hydrogen-bond donors (Lipinski definition) is 1. The lowest BCUT2D eigenvalue weighted by Gasteiger charge is -2.25. The molecular weight excluding hydrogens is 304 g/mol. The Morgan fingerprint density at radius 1 is 1.29 bits per heavy atom. The highest BCUT2D eigenvalue weighted by molar-refractivity contribution is 7.15. The van der Waals surface area contributed by atoms with Crippen molar-refractivity contribution in [3.8, 4) is 0 Å². The fourth-order valence-corrected chi connectivity index (χ4v) is 3.75. The van der Waals surface area contributed by atoms with Crippen LogP contribution in [0.5, 0.6) is 0 Å². The standard InChI is InChI=1S/C14H18N4OS2/c19-13(11-5-4-10-20-11)15-14-17-16-12(21-14)6-9-18-7-2-1-3-8-18/h4-5,10H,1-3,6-9H2,(H,15,17,19). The van der Waals surface area contributed by atoms with Crippen LogP contribution in [0.3, 0.4) is 0 Å². The first-order valence-electron chi connectivity index (χ1n) is 7.21. The molecule has 0 radical (unpaired) electrons. The molecule has 0 bridgehead atoms. The molecule has 1 saturated heterocycles. The van der Waals surface area contributed by atoms with E-state index in [-0.39, 0.29) is 5.91 Å². The first-order chi connectivity index (χ1) is 10.3. The molecule has 2 aromatic rings. The predicted molar refractivity (Wildman–Crippen MR) is 86.2 cm³/mol. The van der Waals surface area contributed by atoms with Crippen LogP contribution in [0.25, 0.3) is 0 Å². The molecule has 0 atom stereocenters. The van der Waals surface area contributed by atoms with E-state index in [1.165, 1.54) is 55.0 Å². The van der Waals surface area contributed by atoms with Gasteiger partial charge in [0.25, 0.3) is 5.91 Å². The summed E-state index contributed by atoms with van der Waals surface area (Å²) in [6.07, 6.45) is 4.87. The van der Waals surface area contributed by atoms with Crippen molar-refractivity contribution >= 4 is 33.7 Å². The highest BCUT2D eigenvalue weighted by Crippen LogP contribution is 2.19. The van der Waals surface area contributed by atoms with Crippen LogP contribution in [0.2, 0.25) is 0 Å². The van der Waals surface area contributed by atoms with Gasteiger partial charge in [-0.05, 0) is 37.4 Å². The summed E-state index contributed by atoms with van der Waals surface area (Å²) in [6.45, 7) is 3.43. The van der Waals surface area contributed by atoms with Gasteiger partial charge >= 0.3 is 0 Å². The van der Waals surface area contributed by atoms with Crippen LogP contribution in [0.1, 0.15) is 33.9 Å². The Kier molecular flexibility index (Phi) is 4.95. The zero-order chi connectivity index (χ0) is 14.5. The lowest BCUT2D eigenvalue weighted by molar-refractivity contribution is 0.103. The SMILES string of the molecule is O=C(Nc1nnc(CCN2CCCCC2)s1)c1cccs1. The van der Waals surface area contributed by atoms with Crippen LogP contribution in [-0.2, 0) is 6.42 Å². The van der Waals surface area contributed by atoms with Crippen molar-refractivity contribution < 1.29 is 4.79 Å². The van der Waals surface area contributed by atoms with Crippen molar-refractivity contribution in [3.63, 3.8) is 0 Å². The van der Waals surface area contributed by atoms with Gasteiger partial charge in [0.05, 0.1) is 4.88 Å². The van der Waals surface area contributed by atoms with Gasteiger partial charge in [-0.2, -0.15) is 0 Å². The van der Waals surface area contributed by atoms with Crippen LogP contribution >= 0.6 is 22.7 Å². The quantitative estimate of drug-likeness (QED) is 0.919. The summed E-state index contributed by atoms with van der Waals surface area (Å²) in [6, 6.07) is 3.67. The Balaban J connectivity index is 1.50. The second kappa shape index (κ2) is 7.11. The third-order valence-electron chi connectivity index (χ3n) is 3.52. The van der Waals surface area contributed by atoms with E-state index in [1.54, 1.807) is 6.07 Å². The summed E-state index contributed by atoms with van der Waals surface area (Å²) in [5.74, 6) is -0.108. The lowest BCUT2D eigenvalue weighted by Crippen LogP contribution is -2.31. The topological polar surface area (TPSA) is 58.1 Å². The number of hydrogen-bond acceptors (Lipinski definition) is 6. The first kappa shape index (κ1) is 14.6. The average molecular weight is 322 g/mol. The van der Waals surface area contributed by atoms with Crippen molar-refractivity contribution in [2.24, 2.45) is 0 Å². The summed E-state index contributed by atoms with van der Waals surface area (Å²) >= 11 is 2.89. The van der Waals surface area contributed by atoms with Crippen LogP contribution in [0.4, 0.5) is 5.13 Å². The van der Waals surface area contributed by atoms with E-state index in [1.807, 2.05) is 11.4 Å². The lowest BCUT2D eigenvalue weighted by atomic mass is 10.1. The molecule has 112 valence electrons. The van der Waals surface area contributed by atoms with Gasteiger partial charge in [-0.3, -0.25) is 10.1 Å². The number of nitrogens with zero attached hydrogens (tertiary/aromatic N) is 3. The molecule has 1 N–H and O–H groups in total. The molecule has 5 nitrogen and oxygen atoms in total. The first-order valence-corrected chi connectivity index (χ1v) is 8.90.